The molecule has 0 spiro atoms. The van der Waals surface area contributed by atoms with Crippen LogP contribution in [0.4, 0.5) is 5.88 Å². The van der Waals surface area contributed by atoms with Crippen molar-refractivity contribution in [2.45, 2.75) is 19.3 Å². The highest BCUT2D eigenvalue weighted by Gasteiger charge is 2.23. The van der Waals surface area contributed by atoms with E-state index in [1.807, 2.05) is 13.8 Å². The van der Waals surface area contributed by atoms with Crippen LogP contribution in [0, 0.1) is 0 Å². The first-order valence-electron chi connectivity index (χ1n) is 3.86. The molecule has 0 aliphatic heterocycles. The van der Waals surface area contributed by atoms with Crippen molar-refractivity contribution in [1.29, 1.82) is 0 Å². The maximum Gasteiger partial charge on any atom is 0.224 e. The summed E-state index contributed by atoms with van der Waals surface area (Å²) in [5.41, 5.74) is 0.424. The second kappa shape index (κ2) is 3.15. The van der Waals surface area contributed by atoms with Gasteiger partial charge in [-0.25, -0.2) is 0 Å². The van der Waals surface area contributed by atoms with E-state index in [9.17, 15) is 0 Å². The lowest BCUT2D eigenvalue weighted by molar-refractivity contribution is 0.210. The molecular formula is C8H14N2O2. The van der Waals surface area contributed by atoms with E-state index < -0.39 is 0 Å². The summed E-state index contributed by atoms with van der Waals surface area (Å²) in [6, 6.07) is 1.79. The number of nitrogens with one attached hydrogen (secondary N) is 1. The molecule has 0 atom stereocenters. The summed E-state index contributed by atoms with van der Waals surface area (Å²) in [5.74, 6) is 0.617. The first-order valence-corrected chi connectivity index (χ1v) is 3.86. The molecule has 1 aromatic heterocycles. The minimum absolute atomic E-state index is 0.0582. The Bertz CT molecular complexity index is 255. The minimum atomic E-state index is -0.335. The molecule has 0 radical (unpaired) electrons. The molecule has 1 aromatic rings. The zero-order valence-electron chi connectivity index (χ0n) is 7.59. The Hall–Kier alpha value is -1.03. The van der Waals surface area contributed by atoms with Crippen LogP contribution in [0.15, 0.2) is 10.6 Å². The van der Waals surface area contributed by atoms with Gasteiger partial charge in [0.25, 0.3) is 0 Å². The lowest BCUT2D eigenvalue weighted by atomic mass is 9.91. The van der Waals surface area contributed by atoms with Crippen LogP contribution in [0.25, 0.3) is 0 Å². The fraction of sp³-hybridized carbons (Fsp3) is 0.625. The van der Waals surface area contributed by atoms with E-state index in [0.717, 1.165) is 5.69 Å². The Morgan fingerprint density at radius 3 is 2.75 bits per heavy atom. The molecule has 0 bridgehead atoms. The molecule has 0 aliphatic carbocycles. The topological polar surface area (TPSA) is 58.3 Å². The monoisotopic (exact) mass is 170 g/mol. The largest absolute Gasteiger partial charge is 0.395 e. The van der Waals surface area contributed by atoms with Gasteiger partial charge >= 0.3 is 0 Å². The van der Waals surface area contributed by atoms with Crippen LogP contribution in [0.5, 0.6) is 0 Å². The average Bonchev–Trinajstić information content (AvgIpc) is 2.52. The third-order valence-electron chi connectivity index (χ3n) is 1.85. The maximum atomic E-state index is 9.03. The zero-order valence-corrected chi connectivity index (χ0v) is 7.59. The number of aliphatic hydroxyl groups is 1. The van der Waals surface area contributed by atoms with E-state index in [1.54, 1.807) is 13.1 Å². The van der Waals surface area contributed by atoms with Crippen molar-refractivity contribution in [2.24, 2.45) is 0 Å². The summed E-state index contributed by atoms with van der Waals surface area (Å²) in [6.45, 7) is 3.87. The molecule has 0 aromatic carbocycles. The second-order valence-corrected chi connectivity index (χ2v) is 3.37. The molecule has 2 N–H and O–H groups in total. The number of anilines is 1. The van der Waals surface area contributed by atoms with Crippen LogP contribution in [0.1, 0.15) is 19.5 Å². The van der Waals surface area contributed by atoms with Gasteiger partial charge in [-0.15, -0.1) is 0 Å². The van der Waals surface area contributed by atoms with E-state index in [-0.39, 0.29) is 12.0 Å². The number of aromatic nitrogens is 1. The quantitative estimate of drug-likeness (QED) is 0.710. The van der Waals surface area contributed by atoms with Crippen LogP contribution in [0.2, 0.25) is 0 Å². The standard InChI is InChI=1S/C8H14N2O2/c1-8(2,5-11)6-4-7(9-3)12-10-6/h4,9,11H,5H2,1-3H3. The van der Waals surface area contributed by atoms with E-state index in [1.165, 1.54) is 0 Å². The fourth-order valence-corrected chi connectivity index (χ4v) is 0.793. The van der Waals surface area contributed by atoms with Crippen molar-refractivity contribution in [3.05, 3.63) is 11.8 Å². The zero-order chi connectivity index (χ0) is 9.19. The van der Waals surface area contributed by atoms with Gasteiger partial charge in [0.1, 0.15) is 0 Å². The molecule has 1 rings (SSSR count). The van der Waals surface area contributed by atoms with Crippen molar-refractivity contribution >= 4 is 5.88 Å². The molecule has 0 saturated carbocycles. The Balaban J connectivity index is 2.88. The van der Waals surface area contributed by atoms with E-state index in [4.69, 9.17) is 9.63 Å². The Kier molecular flexibility index (Phi) is 2.38. The van der Waals surface area contributed by atoms with Gasteiger partial charge in [-0.05, 0) is 0 Å². The van der Waals surface area contributed by atoms with Gasteiger partial charge in [0.05, 0.1) is 12.3 Å². The number of hydrogen-bond donors (Lipinski definition) is 2. The summed E-state index contributed by atoms with van der Waals surface area (Å²) < 4.78 is 4.93. The van der Waals surface area contributed by atoms with Gasteiger partial charge in [0.2, 0.25) is 5.88 Å². The van der Waals surface area contributed by atoms with Gasteiger partial charge in [-0.1, -0.05) is 19.0 Å². The number of aliphatic hydroxyl groups excluding tert-OH is 1. The van der Waals surface area contributed by atoms with E-state index in [0.29, 0.717) is 5.88 Å². The molecule has 0 aliphatic rings. The third-order valence-corrected chi connectivity index (χ3v) is 1.85. The molecule has 4 nitrogen and oxygen atoms in total. The summed E-state index contributed by atoms with van der Waals surface area (Å²) in [7, 11) is 1.76. The molecule has 68 valence electrons. The lowest BCUT2D eigenvalue weighted by Gasteiger charge is -2.16. The molecule has 0 amide bonds. The smallest absolute Gasteiger partial charge is 0.224 e. The average molecular weight is 170 g/mol. The van der Waals surface area contributed by atoms with Crippen LogP contribution >= 0.6 is 0 Å². The van der Waals surface area contributed by atoms with Crippen LogP contribution in [0.3, 0.4) is 0 Å². The summed E-state index contributed by atoms with van der Waals surface area (Å²) in [6.07, 6.45) is 0. The van der Waals surface area contributed by atoms with Crippen molar-refractivity contribution in [1.82, 2.24) is 5.16 Å². The summed E-state index contributed by atoms with van der Waals surface area (Å²) in [5, 5.41) is 15.7. The fourth-order valence-electron chi connectivity index (χ4n) is 0.793. The first kappa shape index (κ1) is 9.06. The van der Waals surface area contributed by atoms with Gasteiger partial charge in [-0.3, -0.25) is 0 Å². The first-order chi connectivity index (χ1) is 5.60. The minimum Gasteiger partial charge on any atom is -0.395 e. The van der Waals surface area contributed by atoms with E-state index in [2.05, 4.69) is 10.5 Å². The van der Waals surface area contributed by atoms with E-state index >= 15 is 0 Å². The predicted molar refractivity (Wildman–Crippen MR) is 46.2 cm³/mol. The predicted octanol–water partition coefficient (Wildman–Crippen LogP) is 0.986. The number of rotatable bonds is 3. The second-order valence-electron chi connectivity index (χ2n) is 3.37. The van der Waals surface area contributed by atoms with Crippen molar-refractivity contribution < 1.29 is 9.63 Å². The molecular weight excluding hydrogens is 156 g/mol. The van der Waals surface area contributed by atoms with Crippen LogP contribution in [-0.4, -0.2) is 23.9 Å². The van der Waals surface area contributed by atoms with Gasteiger partial charge in [0, 0.05) is 18.5 Å². The summed E-state index contributed by atoms with van der Waals surface area (Å²) >= 11 is 0. The molecule has 1 heterocycles. The third kappa shape index (κ3) is 1.58. The highest BCUT2D eigenvalue weighted by atomic mass is 16.5. The van der Waals surface area contributed by atoms with Crippen molar-refractivity contribution in [3.8, 4) is 0 Å². The highest BCUT2D eigenvalue weighted by Crippen LogP contribution is 2.23. The molecule has 0 saturated heterocycles. The van der Waals surface area contributed by atoms with Gasteiger partial charge in [0.15, 0.2) is 0 Å². The number of nitrogens with zero attached hydrogens (tertiary/aromatic N) is 1. The Labute approximate surface area is 71.6 Å². The van der Waals surface area contributed by atoms with Crippen LogP contribution in [-0.2, 0) is 5.41 Å². The van der Waals surface area contributed by atoms with Crippen molar-refractivity contribution in [2.75, 3.05) is 19.0 Å². The lowest BCUT2D eigenvalue weighted by Crippen LogP contribution is -2.22. The maximum absolute atomic E-state index is 9.03. The summed E-state index contributed by atoms with van der Waals surface area (Å²) in [4.78, 5) is 0. The Morgan fingerprint density at radius 2 is 2.33 bits per heavy atom. The van der Waals surface area contributed by atoms with Crippen LogP contribution < -0.4 is 5.32 Å². The molecule has 0 unspecified atom stereocenters. The van der Waals surface area contributed by atoms with Gasteiger partial charge in [-0.2, -0.15) is 0 Å². The molecule has 12 heavy (non-hydrogen) atoms. The van der Waals surface area contributed by atoms with Crippen molar-refractivity contribution in [3.63, 3.8) is 0 Å². The number of hydrogen-bond acceptors (Lipinski definition) is 4. The van der Waals surface area contributed by atoms with Gasteiger partial charge < -0.3 is 14.9 Å². The SMILES string of the molecule is CNc1cc(C(C)(C)CO)no1. The molecule has 4 heteroatoms. The Morgan fingerprint density at radius 1 is 1.67 bits per heavy atom. The highest BCUT2D eigenvalue weighted by molar-refractivity contribution is 5.33. The normalized spacial score (nSPS) is 11.7. The molecule has 0 fully saturated rings.